The quantitative estimate of drug-likeness (QED) is 0.585. The third-order valence-corrected chi connectivity index (χ3v) is 4.39. The third kappa shape index (κ3) is 5.10. The van der Waals surface area contributed by atoms with E-state index >= 15 is 0 Å². The van der Waals surface area contributed by atoms with Crippen LogP contribution in [-0.4, -0.2) is 18.4 Å². The van der Waals surface area contributed by atoms with Crippen LogP contribution < -0.4 is 10.1 Å². The van der Waals surface area contributed by atoms with E-state index in [4.69, 9.17) is 4.74 Å². The first-order valence-electron chi connectivity index (χ1n) is 7.53. The van der Waals surface area contributed by atoms with Crippen molar-refractivity contribution in [3.63, 3.8) is 0 Å². The summed E-state index contributed by atoms with van der Waals surface area (Å²) >= 11 is 1.85. The van der Waals surface area contributed by atoms with Crippen LogP contribution in [-0.2, 0) is 6.54 Å². The molecule has 3 heteroatoms. The van der Waals surface area contributed by atoms with Gasteiger partial charge in [0.05, 0.1) is 6.61 Å². The molecule has 0 aliphatic heterocycles. The molecule has 0 radical (unpaired) electrons. The maximum absolute atomic E-state index is 5.71. The molecule has 1 saturated carbocycles. The van der Waals surface area contributed by atoms with Gasteiger partial charge in [-0.15, -0.1) is 11.8 Å². The van der Waals surface area contributed by atoms with Gasteiger partial charge in [0.15, 0.2) is 0 Å². The van der Waals surface area contributed by atoms with E-state index in [-0.39, 0.29) is 0 Å². The molecular formula is C18H21NOS. The zero-order chi connectivity index (χ0) is 14.3. The summed E-state index contributed by atoms with van der Waals surface area (Å²) in [6, 6.07) is 19.5. The Hall–Kier alpha value is -1.45. The molecule has 3 rings (SSSR count). The highest BCUT2D eigenvalue weighted by atomic mass is 32.2. The molecule has 1 fully saturated rings. The molecule has 0 aromatic heterocycles. The van der Waals surface area contributed by atoms with E-state index in [1.165, 1.54) is 23.3 Å². The molecule has 0 spiro atoms. The summed E-state index contributed by atoms with van der Waals surface area (Å²) in [6.07, 6.45) is 2.68. The van der Waals surface area contributed by atoms with E-state index < -0.39 is 0 Å². The molecule has 110 valence electrons. The SMILES string of the molecule is c1ccc(OCCSc2cccc(CNC3CC3)c2)cc1. The van der Waals surface area contributed by atoms with Gasteiger partial charge in [-0.05, 0) is 42.7 Å². The van der Waals surface area contributed by atoms with Gasteiger partial charge in [-0.1, -0.05) is 30.3 Å². The van der Waals surface area contributed by atoms with Gasteiger partial charge in [0.1, 0.15) is 5.75 Å². The van der Waals surface area contributed by atoms with Crippen LogP contribution in [0.2, 0.25) is 0 Å². The van der Waals surface area contributed by atoms with Gasteiger partial charge >= 0.3 is 0 Å². The number of hydrogen-bond donors (Lipinski definition) is 1. The van der Waals surface area contributed by atoms with Crippen LogP contribution in [0.25, 0.3) is 0 Å². The minimum atomic E-state index is 0.735. The summed E-state index contributed by atoms with van der Waals surface area (Å²) in [5, 5.41) is 3.55. The van der Waals surface area contributed by atoms with E-state index in [9.17, 15) is 0 Å². The van der Waals surface area contributed by atoms with Crippen molar-refractivity contribution in [1.29, 1.82) is 0 Å². The van der Waals surface area contributed by atoms with E-state index in [1.807, 2.05) is 42.1 Å². The second-order valence-corrected chi connectivity index (χ2v) is 6.48. The average molecular weight is 299 g/mol. The molecule has 2 aromatic rings. The van der Waals surface area contributed by atoms with Crippen LogP contribution in [0.3, 0.4) is 0 Å². The summed E-state index contributed by atoms with van der Waals surface area (Å²) in [4.78, 5) is 1.32. The zero-order valence-corrected chi connectivity index (χ0v) is 12.9. The minimum Gasteiger partial charge on any atom is -0.493 e. The maximum Gasteiger partial charge on any atom is 0.119 e. The van der Waals surface area contributed by atoms with Crippen molar-refractivity contribution in [1.82, 2.24) is 5.32 Å². The second-order valence-electron chi connectivity index (χ2n) is 5.31. The standard InChI is InChI=1S/C18H21NOS/c1-2-6-17(7-3-1)20-11-12-21-18-8-4-5-15(13-18)14-19-16-9-10-16/h1-8,13,16,19H,9-12,14H2. The second kappa shape index (κ2) is 7.53. The Balaban J connectivity index is 1.41. The van der Waals surface area contributed by atoms with Gasteiger partial charge in [0, 0.05) is 23.2 Å². The number of benzene rings is 2. The number of rotatable bonds is 8. The predicted octanol–water partition coefficient (Wildman–Crippen LogP) is 4.11. The summed E-state index contributed by atoms with van der Waals surface area (Å²) in [7, 11) is 0. The highest BCUT2D eigenvalue weighted by Crippen LogP contribution is 2.22. The van der Waals surface area contributed by atoms with Gasteiger partial charge in [-0.25, -0.2) is 0 Å². The highest BCUT2D eigenvalue weighted by molar-refractivity contribution is 7.99. The first-order chi connectivity index (χ1) is 10.4. The fourth-order valence-electron chi connectivity index (χ4n) is 2.13. The topological polar surface area (TPSA) is 21.3 Å². The Morgan fingerprint density at radius 1 is 1.05 bits per heavy atom. The van der Waals surface area contributed by atoms with E-state index in [0.717, 1.165) is 30.7 Å². The molecule has 0 atom stereocenters. The fraction of sp³-hybridized carbons (Fsp3) is 0.333. The average Bonchev–Trinajstić information content (AvgIpc) is 3.35. The Morgan fingerprint density at radius 2 is 1.90 bits per heavy atom. The van der Waals surface area contributed by atoms with Crippen molar-refractivity contribution < 1.29 is 4.74 Å². The fourth-order valence-corrected chi connectivity index (χ4v) is 2.94. The lowest BCUT2D eigenvalue weighted by atomic mass is 10.2. The van der Waals surface area contributed by atoms with Crippen molar-refractivity contribution in [2.24, 2.45) is 0 Å². The first kappa shape index (κ1) is 14.5. The summed E-state index contributed by atoms with van der Waals surface area (Å²) in [5.41, 5.74) is 1.37. The smallest absolute Gasteiger partial charge is 0.119 e. The molecule has 2 nitrogen and oxygen atoms in total. The summed E-state index contributed by atoms with van der Waals surface area (Å²) in [5.74, 6) is 1.91. The summed E-state index contributed by atoms with van der Waals surface area (Å²) in [6.45, 7) is 1.72. The number of nitrogens with one attached hydrogen (secondary N) is 1. The van der Waals surface area contributed by atoms with Gasteiger partial charge in [0.25, 0.3) is 0 Å². The van der Waals surface area contributed by atoms with Crippen molar-refractivity contribution in [2.75, 3.05) is 12.4 Å². The molecule has 0 bridgehead atoms. The molecule has 1 aliphatic rings. The molecule has 0 amide bonds. The molecule has 2 aromatic carbocycles. The molecular weight excluding hydrogens is 278 g/mol. The van der Waals surface area contributed by atoms with E-state index in [2.05, 4.69) is 29.6 Å². The lowest BCUT2D eigenvalue weighted by molar-refractivity contribution is 0.344. The van der Waals surface area contributed by atoms with Crippen LogP contribution >= 0.6 is 11.8 Å². The van der Waals surface area contributed by atoms with Crippen LogP contribution in [0.4, 0.5) is 0 Å². The Bertz CT molecular complexity index is 554. The van der Waals surface area contributed by atoms with Crippen LogP contribution in [0.1, 0.15) is 18.4 Å². The Morgan fingerprint density at radius 3 is 2.71 bits per heavy atom. The van der Waals surface area contributed by atoms with Crippen LogP contribution in [0.5, 0.6) is 5.75 Å². The Kier molecular flexibility index (Phi) is 5.19. The molecule has 21 heavy (non-hydrogen) atoms. The van der Waals surface area contributed by atoms with Gasteiger partial charge < -0.3 is 10.1 Å². The number of ether oxygens (including phenoxy) is 1. The van der Waals surface area contributed by atoms with Crippen LogP contribution in [0.15, 0.2) is 59.5 Å². The lowest BCUT2D eigenvalue weighted by Crippen LogP contribution is -2.15. The monoisotopic (exact) mass is 299 g/mol. The molecule has 1 N–H and O–H groups in total. The number of hydrogen-bond acceptors (Lipinski definition) is 3. The predicted molar refractivity (Wildman–Crippen MR) is 89.0 cm³/mol. The minimum absolute atomic E-state index is 0.735. The molecule has 0 saturated heterocycles. The molecule has 0 heterocycles. The van der Waals surface area contributed by atoms with Crippen molar-refractivity contribution in [3.8, 4) is 5.75 Å². The van der Waals surface area contributed by atoms with Crippen molar-refractivity contribution >= 4 is 11.8 Å². The highest BCUT2D eigenvalue weighted by Gasteiger charge is 2.19. The number of thioether (sulfide) groups is 1. The zero-order valence-electron chi connectivity index (χ0n) is 12.1. The maximum atomic E-state index is 5.71. The Labute approximate surface area is 130 Å². The third-order valence-electron chi connectivity index (χ3n) is 3.43. The van der Waals surface area contributed by atoms with Crippen molar-refractivity contribution in [3.05, 3.63) is 60.2 Å². The van der Waals surface area contributed by atoms with Crippen molar-refractivity contribution in [2.45, 2.75) is 30.3 Å². The largest absolute Gasteiger partial charge is 0.493 e. The number of para-hydroxylation sites is 1. The molecule has 1 aliphatic carbocycles. The molecule has 0 unspecified atom stereocenters. The first-order valence-corrected chi connectivity index (χ1v) is 8.52. The van der Waals surface area contributed by atoms with Gasteiger partial charge in [-0.2, -0.15) is 0 Å². The summed E-state index contributed by atoms with van der Waals surface area (Å²) < 4.78 is 5.71. The van der Waals surface area contributed by atoms with E-state index in [1.54, 1.807) is 0 Å². The van der Waals surface area contributed by atoms with E-state index in [0.29, 0.717) is 0 Å². The van der Waals surface area contributed by atoms with Gasteiger partial charge in [-0.3, -0.25) is 0 Å². The lowest BCUT2D eigenvalue weighted by Gasteiger charge is -2.07. The normalized spacial score (nSPS) is 14.1. The van der Waals surface area contributed by atoms with Crippen LogP contribution in [0, 0.1) is 0 Å². The van der Waals surface area contributed by atoms with Gasteiger partial charge in [0.2, 0.25) is 0 Å².